The maximum Gasteiger partial charge on any atom is 0.226 e. The molecule has 1 amide bonds. The van der Waals surface area contributed by atoms with Crippen molar-refractivity contribution in [1.29, 1.82) is 0 Å². The van der Waals surface area contributed by atoms with Crippen molar-refractivity contribution in [3.8, 4) is 0 Å². The van der Waals surface area contributed by atoms with Crippen molar-refractivity contribution in [2.24, 2.45) is 7.05 Å². The molecule has 1 unspecified atom stereocenters. The van der Waals surface area contributed by atoms with Crippen molar-refractivity contribution in [1.82, 2.24) is 9.78 Å². The first-order valence-electron chi connectivity index (χ1n) is 6.98. The Morgan fingerprint density at radius 2 is 2.00 bits per heavy atom. The van der Waals surface area contributed by atoms with Crippen LogP contribution in [-0.4, -0.2) is 15.7 Å². The first kappa shape index (κ1) is 12.9. The molecule has 0 saturated heterocycles. The van der Waals surface area contributed by atoms with Gasteiger partial charge in [0.1, 0.15) is 5.82 Å². The third-order valence-corrected chi connectivity index (χ3v) is 4.00. The van der Waals surface area contributed by atoms with Crippen LogP contribution in [0.4, 0.5) is 5.82 Å². The van der Waals surface area contributed by atoms with Crippen LogP contribution in [0.15, 0.2) is 30.5 Å². The molecule has 1 atom stereocenters. The Labute approximate surface area is 118 Å². The van der Waals surface area contributed by atoms with E-state index in [-0.39, 0.29) is 11.8 Å². The monoisotopic (exact) mass is 269 g/mol. The van der Waals surface area contributed by atoms with Crippen LogP contribution in [0.1, 0.15) is 48.8 Å². The van der Waals surface area contributed by atoms with Gasteiger partial charge in [-0.1, -0.05) is 38.1 Å². The number of benzene rings is 1. The summed E-state index contributed by atoms with van der Waals surface area (Å²) in [6.45, 7) is 4.37. The highest BCUT2D eigenvalue weighted by Crippen LogP contribution is 2.36. The summed E-state index contributed by atoms with van der Waals surface area (Å²) in [4.78, 5) is 11.9. The maximum absolute atomic E-state index is 11.9. The number of rotatable bonds is 2. The summed E-state index contributed by atoms with van der Waals surface area (Å²) in [5.74, 6) is 1.50. The van der Waals surface area contributed by atoms with Gasteiger partial charge in [-0.2, -0.15) is 5.10 Å². The number of carbonyl (C=O) groups excluding carboxylic acids is 1. The Hall–Kier alpha value is -2.10. The summed E-state index contributed by atoms with van der Waals surface area (Å²) in [5, 5.41) is 7.16. The lowest BCUT2D eigenvalue weighted by atomic mass is 9.86. The quantitative estimate of drug-likeness (QED) is 0.911. The molecule has 0 fully saturated rings. The number of amides is 1. The lowest BCUT2D eigenvalue weighted by Crippen LogP contribution is -2.24. The fourth-order valence-electron chi connectivity index (χ4n) is 2.75. The molecule has 2 aromatic rings. The SMILES string of the molecule is CC(C)c1ccc(C2CC(=O)Nc3c2cnn3C)cc1. The fourth-order valence-corrected chi connectivity index (χ4v) is 2.75. The summed E-state index contributed by atoms with van der Waals surface area (Å²) < 4.78 is 1.72. The average Bonchev–Trinajstić information content (AvgIpc) is 2.80. The minimum Gasteiger partial charge on any atom is -0.311 e. The van der Waals surface area contributed by atoms with E-state index < -0.39 is 0 Å². The molecule has 1 aromatic carbocycles. The summed E-state index contributed by atoms with van der Waals surface area (Å²) in [6.07, 6.45) is 2.34. The molecule has 0 saturated carbocycles. The minimum atomic E-state index is 0.0547. The standard InChI is InChI=1S/C16H19N3O/c1-10(2)11-4-6-12(7-5-11)13-8-15(20)18-16-14(13)9-17-19(16)3/h4-7,9-10,13H,8H2,1-3H3,(H,18,20). The van der Waals surface area contributed by atoms with Crippen LogP contribution in [0.25, 0.3) is 0 Å². The second kappa shape index (κ2) is 4.78. The van der Waals surface area contributed by atoms with Crippen molar-refractivity contribution >= 4 is 11.7 Å². The first-order valence-corrected chi connectivity index (χ1v) is 6.98. The number of nitrogens with one attached hydrogen (secondary N) is 1. The molecule has 0 aliphatic carbocycles. The number of aryl methyl sites for hydroxylation is 1. The van der Waals surface area contributed by atoms with Gasteiger partial charge in [0, 0.05) is 24.9 Å². The number of carbonyl (C=O) groups is 1. The summed E-state index contributed by atoms with van der Waals surface area (Å²) in [5.41, 5.74) is 3.60. The molecule has 2 heterocycles. The van der Waals surface area contributed by atoms with Gasteiger partial charge in [0.05, 0.1) is 6.20 Å². The van der Waals surface area contributed by atoms with E-state index in [1.165, 1.54) is 11.1 Å². The number of aromatic nitrogens is 2. The van der Waals surface area contributed by atoms with E-state index in [0.717, 1.165) is 11.4 Å². The van der Waals surface area contributed by atoms with Crippen molar-refractivity contribution in [2.45, 2.75) is 32.1 Å². The molecule has 0 bridgehead atoms. The first-order chi connectivity index (χ1) is 9.56. The molecule has 1 aromatic heterocycles. The van der Waals surface area contributed by atoms with Crippen LogP contribution >= 0.6 is 0 Å². The van der Waals surface area contributed by atoms with E-state index >= 15 is 0 Å². The average molecular weight is 269 g/mol. The van der Waals surface area contributed by atoms with Crippen LogP contribution in [0, 0.1) is 0 Å². The van der Waals surface area contributed by atoms with Gasteiger partial charge in [-0.05, 0) is 17.0 Å². The van der Waals surface area contributed by atoms with Gasteiger partial charge in [-0.3, -0.25) is 9.48 Å². The van der Waals surface area contributed by atoms with Crippen LogP contribution in [-0.2, 0) is 11.8 Å². The number of hydrogen-bond donors (Lipinski definition) is 1. The lowest BCUT2D eigenvalue weighted by molar-refractivity contribution is -0.116. The molecule has 20 heavy (non-hydrogen) atoms. The minimum absolute atomic E-state index is 0.0547. The van der Waals surface area contributed by atoms with Crippen molar-refractivity contribution in [3.05, 3.63) is 47.2 Å². The smallest absolute Gasteiger partial charge is 0.226 e. The Balaban J connectivity index is 1.99. The molecular formula is C16H19N3O. The predicted octanol–water partition coefficient (Wildman–Crippen LogP) is 3.02. The molecule has 4 nitrogen and oxygen atoms in total. The van der Waals surface area contributed by atoms with Crippen molar-refractivity contribution < 1.29 is 4.79 Å². The molecule has 104 valence electrons. The van der Waals surface area contributed by atoms with Crippen LogP contribution in [0.3, 0.4) is 0 Å². The van der Waals surface area contributed by atoms with E-state index in [2.05, 4.69) is 48.5 Å². The number of anilines is 1. The van der Waals surface area contributed by atoms with E-state index in [9.17, 15) is 4.79 Å². The van der Waals surface area contributed by atoms with E-state index in [1.54, 1.807) is 4.68 Å². The zero-order chi connectivity index (χ0) is 14.3. The molecule has 3 rings (SSSR count). The molecule has 0 spiro atoms. The Morgan fingerprint density at radius 1 is 1.30 bits per heavy atom. The molecular weight excluding hydrogens is 250 g/mol. The Bertz CT molecular complexity index is 640. The normalized spacial score (nSPS) is 18.0. The third-order valence-electron chi connectivity index (χ3n) is 4.00. The van der Waals surface area contributed by atoms with Gasteiger partial charge in [0.2, 0.25) is 5.91 Å². The largest absolute Gasteiger partial charge is 0.311 e. The van der Waals surface area contributed by atoms with Gasteiger partial charge in [-0.25, -0.2) is 0 Å². The van der Waals surface area contributed by atoms with E-state index in [4.69, 9.17) is 0 Å². The van der Waals surface area contributed by atoms with Gasteiger partial charge < -0.3 is 5.32 Å². The molecule has 1 N–H and O–H groups in total. The zero-order valence-electron chi connectivity index (χ0n) is 12.1. The maximum atomic E-state index is 11.9. The highest BCUT2D eigenvalue weighted by atomic mass is 16.1. The molecule has 4 heteroatoms. The van der Waals surface area contributed by atoms with Gasteiger partial charge in [0.25, 0.3) is 0 Å². The highest BCUT2D eigenvalue weighted by molar-refractivity contribution is 5.94. The summed E-state index contributed by atoms with van der Waals surface area (Å²) in [7, 11) is 1.85. The number of hydrogen-bond acceptors (Lipinski definition) is 2. The van der Waals surface area contributed by atoms with Gasteiger partial charge in [0.15, 0.2) is 0 Å². The number of nitrogens with zero attached hydrogens (tertiary/aromatic N) is 2. The zero-order valence-corrected chi connectivity index (χ0v) is 12.1. The fraction of sp³-hybridized carbons (Fsp3) is 0.375. The van der Waals surface area contributed by atoms with Crippen LogP contribution < -0.4 is 5.32 Å². The predicted molar refractivity (Wildman–Crippen MR) is 78.8 cm³/mol. The van der Waals surface area contributed by atoms with Gasteiger partial charge in [-0.15, -0.1) is 0 Å². The second-order valence-electron chi connectivity index (χ2n) is 5.70. The van der Waals surface area contributed by atoms with E-state index in [0.29, 0.717) is 12.3 Å². The van der Waals surface area contributed by atoms with Crippen molar-refractivity contribution in [2.75, 3.05) is 5.32 Å². The van der Waals surface area contributed by atoms with Crippen molar-refractivity contribution in [3.63, 3.8) is 0 Å². The van der Waals surface area contributed by atoms with E-state index in [1.807, 2.05) is 13.2 Å². The summed E-state index contributed by atoms with van der Waals surface area (Å²) in [6, 6.07) is 8.58. The summed E-state index contributed by atoms with van der Waals surface area (Å²) >= 11 is 0. The Morgan fingerprint density at radius 3 is 2.65 bits per heavy atom. The highest BCUT2D eigenvalue weighted by Gasteiger charge is 2.29. The molecule has 1 aliphatic rings. The van der Waals surface area contributed by atoms with Crippen LogP contribution in [0.5, 0.6) is 0 Å². The van der Waals surface area contributed by atoms with Crippen LogP contribution in [0.2, 0.25) is 0 Å². The second-order valence-corrected chi connectivity index (χ2v) is 5.70. The lowest BCUT2D eigenvalue weighted by Gasteiger charge is -2.23. The molecule has 0 radical (unpaired) electrons. The molecule has 1 aliphatic heterocycles. The topological polar surface area (TPSA) is 46.9 Å². The van der Waals surface area contributed by atoms with Gasteiger partial charge >= 0.3 is 0 Å². The Kier molecular flexibility index (Phi) is 3.08. The number of fused-ring (bicyclic) bond motifs is 1. The third kappa shape index (κ3) is 2.11.